The third-order valence-corrected chi connectivity index (χ3v) is 1.01. The van der Waals surface area contributed by atoms with E-state index in [-0.39, 0.29) is 12.4 Å². The van der Waals surface area contributed by atoms with Crippen molar-refractivity contribution in [2.45, 2.75) is 5.79 Å². The second-order valence-electron chi connectivity index (χ2n) is 0.926. The fourth-order valence-corrected chi connectivity index (χ4v) is 0.500. The zero-order valence-corrected chi connectivity index (χ0v) is 6.57. The summed E-state index contributed by atoms with van der Waals surface area (Å²) in [6.45, 7) is 0.700. The SMILES string of the molecule is COC[NH][Al][CH3].Cl. The third-order valence-electron chi connectivity index (χ3n) is 0.432. The molecule has 0 atom stereocenters. The molecule has 0 amide bonds. The molecule has 0 bridgehead atoms. The first-order valence-corrected chi connectivity index (χ1v) is 3.65. The molecule has 0 aromatic carbocycles. The van der Waals surface area contributed by atoms with Gasteiger partial charge in [0.05, 0.1) is 6.73 Å². The molecular weight excluding hydrogens is 128 g/mol. The lowest BCUT2D eigenvalue weighted by Gasteiger charge is -1.93. The molecule has 0 aromatic rings. The molecule has 0 rings (SSSR count). The maximum Gasteiger partial charge on any atom is 0.318 e. The van der Waals surface area contributed by atoms with Gasteiger partial charge in [-0.05, 0) is 0 Å². The van der Waals surface area contributed by atoms with Crippen molar-refractivity contribution >= 4 is 27.8 Å². The lowest BCUT2D eigenvalue weighted by Crippen LogP contribution is -2.18. The molecule has 4 heteroatoms. The molecule has 0 fully saturated rings. The Morgan fingerprint density at radius 1 is 1.71 bits per heavy atom. The summed E-state index contributed by atoms with van der Waals surface area (Å²) in [5.41, 5.74) is 0. The average molecular weight is 139 g/mol. The lowest BCUT2D eigenvalue weighted by atomic mass is 11.3. The van der Waals surface area contributed by atoms with Crippen molar-refractivity contribution in [3.8, 4) is 0 Å². The van der Waals surface area contributed by atoms with Gasteiger partial charge in [-0.25, -0.2) is 0 Å². The molecule has 0 aliphatic rings. The van der Waals surface area contributed by atoms with E-state index in [4.69, 9.17) is 4.74 Å². The number of ether oxygens (including phenoxy) is 1. The van der Waals surface area contributed by atoms with Gasteiger partial charge in [-0.1, -0.05) is 5.79 Å². The Labute approximate surface area is 57.0 Å². The topological polar surface area (TPSA) is 21.3 Å². The molecule has 0 spiro atoms. The molecule has 0 heterocycles. The molecule has 0 unspecified atom stereocenters. The number of rotatable bonds is 3. The summed E-state index contributed by atoms with van der Waals surface area (Å²) in [5.74, 6) is 2.12. The first-order chi connectivity index (χ1) is 2.91. The fraction of sp³-hybridized carbons (Fsp3) is 1.00. The van der Waals surface area contributed by atoms with Gasteiger partial charge in [-0.2, -0.15) is 0 Å². The second kappa shape index (κ2) is 9.89. The molecule has 1 N–H and O–H groups in total. The normalized spacial score (nSPS) is 7.14. The van der Waals surface area contributed by atoms with E-state index >= 15 is 0 Å². The maximum absolute atomic E-state index is 4.69. The van der Waals surface area contributed by atoms with Gasteiger partial charge in [-0.15, -0.1) is 12.4 Å². The van der Waals surface area contributed by atoms with Gasteiger partial charge >= 0.3 is 15.4 Å². The monoisotopic (exact) mass is 138 g/mol. The van der Waals surface area contributed by atoms with Crippen molar-refractivity contribution < 1.29 is 4.74 Å². The number of methoxy groups -OCH3 is 1. The van der Waals surface area contributed by atoms with Crippen LogP contribution >= 0.6 is 12.4 Å². The molecule has 2 nitrogen and oxygen atoms in total. The first kappa shape index (κ1) is 10.7. The Bertz CT molecular complexity index is 26.9. The predicted octanol–water partition coefficient (Wildman–Crippen LogP) is 0.269. The summed E-state index contributed by atoms with van der Waals surface area (Å²) in [7, 11) is 1.68. The van der Waals surface area contributed by atoms with Crippen LogP contribution < -0.4 is 4.30 Å². The molecular formula is C3H10AlClNO. The zero-order chi connectivity index (χ0) is 4.83. The van der Waals surface area contributed by atoms with Gasteiger partial charge in [0.2, 0.25) is 0 Å². The van der Waals surface area contributed by atoms with Crippen LogP contribution in [0.4, 0.5) is 0 Å². The Balaban J connectivity index is 0. The highest BCUT2D eigenvalue weighted by atomic mass is 35.5. The molecule has 0 saturated heterocycles. The average Bonchev–Trinajstić information content (AvgIpc) is 1.61. The zero-order valence-electron chi connectivity index (χ0n) is 4.60. The van der Waals surface area contributed by atoms with Gasteiger partial charge in [0.1, 0.15) is 0 Å². The molecule has 43 valence electrons. The summed E-state index contributed by atoms with van der Waals surface area (Å²) >= 11 is 0.409. The quantitative estimate of drug-likeness (QED) is 0.343. The Morgan fingerprint density at radius 2 is 2.29 bits per heavy atom. The highest BCUT2D eigenvalue weighted by Crippen LogP contribution is 1.53. The van der Waals surface area contributed by atoms with Crippen molar-refractivity contribution in [1.82, 2.24) is 4.30 Å². The van der Waals surface area contributed by atoms with Gasteiger partial charge in [-0.3, -0.25) is 0 Å². The van der Waals surface area contributed by atoms with E-state index in [0.29, 0.717) is 22.2 Å². The Hall–Kier alpha value is 0.742. The first-order valence-electron chi connectivity index (χ1n) is 1.92. The number of halogens is 1. The van der Waals surface area contributed by atoms with Crippen molar-refractivity contribution in [3.63, 3.8) is 0 Å². The smallest absolute Gasteiger partial charge is 0.318 e. The molecule has 0 aliphatic heterocycles. The van der Waals surface area contributed by atoms with E-state index in [1.165, 1.54) is 0 Å². The van der Waals surface area contributed by atoms with Crippen LogP contribution in [0, 0.1) is 0 Å². The minimum atomic E-state index is 0. The number of hydrogen-bond donors (Lipinski definition) is 1. The van der Waals surface area contributed by atoms with Crippen LogP contribution in [0.3, 0.4) is 0 Å². The molecule has 1 radical (unpaired) electrons. The van der Waals surface area contributed by atoms with Crippen LogP contribution in [0.15, 0.2) is 0 Å². The summed E-state index contributed by atoms with van der Waals surface area (Å²) in [6.07, 6.45) is 0. The summed E-state index contributed by atoms with van der Waals surface area (Å²) in [5, 5.41) is 0. The highest BCUT2D eigenvalue weighted by molar-refractivity contribution is 6.29. The second-order valence-corrected chi connectivity index (χ2v) is 1.91. The van der Waals surface area contributed by atoms with E-state index in [9.17, 15) is 0 Å². The van der Waals surface area contributed by atoms with Crippen LogP contribution in [-0.4, -0.2) is 29.3 Å². The highest BCUT2D eigenvalue weighted by Gasteiger charge is 1.74. The van der Waals surface area contributed by atoms with Crippen LogP contribution in [-0.2, 0) is 4.74 Å². The van der Waals surface area contributed by atoms with E-state index in [2.05, 4.69) is 10.1 Å². The minimum Gasteiger partial charge on any atom is -0.384 e. The van der Waals surface area contributed by atoms with Crippen LogP contribution in [0.1, 0.15) is 0 Å². The van der Waals surface area contributed by atoms with E-state index in [0.717, 1.165) is 0 Å². The molecule has 0 aliphatic carbocycles. The van der Waals surface area contributed by atoms with Crippen molar-refractivity contribution in [1.29, 1.82) is 0 Å². The molecule has 7 heavy (non-hydrogen) atoms. The van der Waals surface area contributed by atoms with E-state index < -0.39 is 0 Å². The van der Waals surface area contributed by atoms with Crippen LogP contribution in [0.25, 0.3) is 0 Å². The van der Waals surface area contributed by atoms with Gasteiger partial charge < -0.3 is 9.04 Å². The molecule has 0 saturated carbocycles. The predicted molar refractivity (Wildman–Crippen MR) is 33.9 cm³/mol. The lowest BCUT2D eigenvalue weighted by molar-refractivity contribution is 0.194. The van der Waals surface area contributed by atoms with Crippen molar-refractivity contribution in [3.05, 3.63) is 0 Å². The Kier molecular flexibility index (Phi) is 15.1. The minimum absolute atomic E-state index is 0. The van der Waals surface area contributed by atoms with E-state index in [1.807, 2.05) is 0 Å². The van der Waals surface area contributed by atoms with Crippen molar-refractivity contribution in [2.24, 2.45) is 0 Å². The van der Waals surface area contributed by atoms with Crippen LogP contribution in [0.5, 0.6) is 0 Å². The Morgan fingerprint density at radius 3 is 2.43 bits per heavy atom. The van der Waals surface area contributed by atoms with Gasteiger partial charge in [0.15, 0.2) is 0 Å². The summed E-state index contributed by atoms with van der Waals surface area (Å²) in [4.78, 5) is 0. The van der Waals surface area contributed by atoms with Crippen molar-refractivity contribution in [2.75, 3.05) is 13.8 Å². The number of nitrogens with one attached hydrogen (secondary N) is 1. The summed E-state index contributed by atoms with van der Waals surface area (Å²) < 4.78 is 7.75. The fourth-order valence-electron chi connectivity index (χ4n) is 0.167. The van der Waals surface area contributed by atoms with Gasteiger partial charge in [0.25, 0.3) is 0 Å². The summed E-state index contributed by atoms with van der Waals surface area (Å²) in [6, 6.07) is 0. The number of hydrogen-bond acceptors (Lipinski definition) is 2. The standard InChI is InChI=1S/C2H6NO.CH3.Al.ClH/c1-4-2-3;;;/h3H,2H2,1H3;1H3;;1H/q-1;;+1;. The van der Waals surface area contributed by atoms with Gasteiger partial charge in [0, 0.05) is 7.11 Å². The maximum atomic E-state index is 4.69. The van der Waals surface area contributed by atoms with E-state index in [1.54, 1.807) is 7.11 Å². The third kappa shape index (κ3) is 10.8. The van der Waals surface area contributed by atoms with Crippen LogP contribution in [0.2, 0.25) is 5.79 Å². The molecule has 0 aromatic heterocycles. The largest absolute Gasteiger partial charge is 0.384 e.